The topological polar surface area (TPSA) is 9.86 Å². The van der Waals surface area contributed by atoms with Gasteiger partial charge in [0.2, 0.25) is 0 Å². The van der Waals surface area contributed by atoms with Crippen molar-refractivity contribution in [2.24, 2.45) is 0 Å². The number of hydrogen-bond acceptors (Lipinski definition) is 0. The fraction of sp³-hybridized carbons (Fsp3) is 0. The van der Waals surface area contributed by atoms with Crippen molar-refractivity contribution in [3.63, 3.8) is 0 Å². The number of rotatable bonds is 4. The third-order valence-corrected chi connectivity index (χ3v) is 4.75. The lowest BCUT2D eigenvalue weighted by Crippen LogP contribution is -1.94. The van der Waals surface area contributed by atoms with Crippen LogP contribution in [0.25, 0.3) is 6.08 Å². The molecule has 0 saturated heterocycles. The largest absolute Gasteiger partial charge is 0.313 e. The molecule has 3 aromatic rings. The van der Waals surface area contributed by atoms with Crippen LogP contribution in [0, 0.1) is 0 Å². The molecular weight excluding hydrogens is 251 g/mol. The maximum absolute atomic E-state index is 2.27. The van der Waals surface area contributed by atoms with Crippen molar-refractivity contribution >= 4 is 14.3 Å². The Kier molecular flexibility index (Phi) is 3.62. The third kappa shape index (κ3) is 2.86. The maximum Gasteiger partial charge on any atom is 0.129 e. The summed E-state index contributed by atoms with van der Waals surface area (Å²) in [7, 11) is -0.548. The third-order valence-electron chi connectivity index (χ3n) is 2.85. The highest BCUT2D eigenvalue weighted by atomic mass is 31.1. The number of hydrogen-bond donors (Lipinski definition) is 0. The molecular formula is C16H15N2P. The summed E-state index contributed by atoms with van der Waals surface area (Å²) < 4.78 is 4.49. The molecule has 0 atom stereocenters. The van der Waals surface area contributed by atoms with E-state index in [-0.39, 0.29) is 0 Å². The highest BCUT2D eigenvalue weighted by molar-refractivity contribution is 7.57. The predicted molar refractivity (Wildman–Crippen MR) is 82.1 cm³/mol. The van der Waals surface area contributed by atoms with Crippen molar-refractivity contribution in [3.05, 3.63) is 90.8 Å². The summed E-state index contributed by atoms with van der Waals surface area (Å²) in [6.45, 7) is 0. The van der Waals surface area contributed by atoms with Gasteiger partial charge in [0.1, 0.15) is 8.22 Å². The van der Waals surface area contributed by atoms with E-state index in [4.69, 9.17) is 0 Å². The Morgan fingerprint density at radius 2 is 1.21 bits per heavy atom. The summed E-state index contributed by atoms with van der Waals surface area (Å²) in [4.78, 5) is 0. The maximum atomic E-state index is 2.27. The number of aromatic nitrogens is 2. The fourth-order valence-electron chi connectivity index (χ4n) is 1.91. The van der Waals surface area contributed by atoms with E-state index >= 15 is 0 Å². The van der Waals surface area contributed by atoms with Crippen molar-refractivity contribution in [2.45, 2.75) is 0 Å². The SMILES string of the molecule is C(=CP(n1cccc1)n1cccc1)c1ccccc1. The highest BCUT2D eigenvalue weighted by Crippen LogP contribution is 2.41. The first kappa shape index (κ1) is 12.0. The summed E-state index contributed by atoms with van der Waals surface area (Å²) in [5.41, 5.74) is 1.23. The van der Waals surface area contributed by atoms with Gasteiger partial charge < -0.3 is 8.68 Å². The van der Waals surface area contributed by atoms with E-state index in [2.05, 4.69) is 93.9 Å². The first-order chi connectivity index (χ1) is 9.43. The minimum absolute atomic E-state index is 0.548. The van der Waals surface area contributed by atoms with Gasteiger partial charge in [-0.2, -0.15) is 0 Å². The van der Waals surface area contributed by atoms with Gasteiger partial charge >= 0.3 is 0 Å². The molecule has 0 unspecified atom stereocenters. The van der Waals surface area contributed by atoms with Crippen LogP contribution in [0.5, 0.6) is 0 Å². The molecule has 19 heavy (non-hydrogen) atoms. The van der Waals surface area contributed by atoms with Gasteiger partial charge in [-0.1, -0.05) is 36.4 Å². The first-order valence-corrected chi connectivity index (χ1v) is 7.54. The molecule has 1 aromatic carbocycles. The van der Waals surface area contributed by atoms with E-state index in [1.165, 1.54) is 5.56 Å². The van der Waals surface area contributed by atoms with Gasteiger partial charge in [-0.3, -0.25) is 0 Å². The molecule has 3 rings (SSSR count). The zero-order chi connectivity index (χ0) is 12.9. The van der Waals surface area contributed by atoms with Crippen LogP contribution in [-0.2, 0) is 0 Å². The van der Waals surface area contributed by atoms with Crippen LogP contribution >= 0.6 is 8.22 Å². The van der Waals surface area contributed by atoms with Gasteiger partial charge in [-0.15, -0.1) is 0 Å². The molecule has 0 saturated carbocycles. The smallest absolute Gasteiger partial charge is 0.129 e. The Balaban J connectivity index is 1.91. The monoisotopic (exact) mass is 266 g/mol. The van der Waals surface area contributed by atoms with Gasteiger partial charge in [0.25, 0.3) is 0 Å². The Morgan fingerprint density at radius 3 is 1.74 bits per heavy atom. The van der Waals surface area contributed by atoms with E-state index in [0.717, 1.165) is 0 Å². The lowest BCUT2D eigenvalue weighted by molar-refractivity contribution is 1.15. The fourth-order valence-corrected chi connectivity index (χ4v) is 3.62. The molecule has 0 fully saturated rings. The van der Waals surface area contributed by atoms with Gasteiger partial charge in [0.05, 0.1) is 0 Å². The Bertz CT molecular complexity index is 590. The summed E-state index contributed by atoms with van der Waals surface area (Å²) >= 11 is 0. The van der Waals surface area contributed by atoms with Gasteiger partial charge in [0.15, 0.2) is 0 Å². The Morgan fingerprint density at radius 1 is 0.684 bits per heavy atom. The van der Waals surface area contributed by atoms with E-state index in [0.29, 0.717) is 0 Å². The summed E-state index contributed by atoms with van der Waals surface area (Å²) in [5, 5.41) is 0. The van der Waals surface area contributed by atoms with Crippen LogP contribution in [0.4, 0.5) is 0 Å². The summed E-state index contributed by atoms with van der Waals surface area (Å²) in [6.07, 6.45) is 10.6. The van der Waals surface area contributed by atoms with E-state index in [9.17, 15) is 0 Å². The quantitative estimate of drug-likeness (QED) is 0.607. The van der Waals surface area contributed by atoms with E-state index in [1.807, 2.05) is 6.07 Å². The Labute approximate surface area is 114 Å². The average Bonchev–Trinajstić information content (AvgIpc) is 3.13. The zero-order valence-electron chi connectivity index (χ0n) is 10.5. The van der Waals surface area contributed by atoms with Crippen LogP contribution in [0.3, 0.4) is 0 Å². The first-order valence-electron chi connectivity index (χ1n) is 6.22. The van der Waals surface area contributed by atoms with Crippen molar-refractivity contribution in [2.75, 3.05) is 0 Å². The van der Waals surface area contributed by atoms with Crippen LogP contribution in [-0.4, -0.2) is 8.68 Å². The molecule has 3 heteroatoms. The van der Waals surface area contributed by atoms with Gasteiger partial charge in [0, 0.05) is 24.8 Å². The average molecular weight is 266 g/mol. The normalized spacial score (nSPS) is 11.4. The molecule has 0 amide bonds. The Hall–Kier alpha value is -2.05. The van der Waals surface area contributed by atoms with E-state index < -0.39 is 8.22 Å². The van der Waals surface area contributed by atoms with Crippen LogP contribution in [0.2, 0.25) is 0 Å². The molecule has 0 aliphatic heterocycles. The molecule has 2 nitrogen and oxygen atoms in total. The lowest BCUT2D eigenvalue weighted by Gasteiger charge is -2.16. The summed E-state index contributed by atoms with van der Waals surface area (Å²) in [5.74, 6) is 2.27. The van der Waals surface area contributed by atoms with E-state index in [1.54, 1.807) is 0 Å². The molecule has 0 bridgehead atoms. The molecule has 2 aromatic heterocycles. The highest BCUT2D eigenvalue weighted by Gasteiger charge is 2.06. The molecule has 94 valence electrons. The minimum Gasteiger partial charge on any atom is -0.313 e. The van der Waals surface area contributed by atoms with Gasteiger partial charge in [-0.25, -0.2) is 0 Å². The second-order valence-electron chi connectivity index (χ2n) is 4.17. The second-order valence-corrected chi connectivity index (χ2v) is 6.04. The molecule has 2 heterocycles. The van der Waals surface area contributed by atoms with Crippen LogP contribution in [0.15, 0.2) is 85.2 Å². The molecule has 0 radical (unpaired) electrons. The molecule has 0 aliphatic carbocycles. The van der Waals surface area contributed by atoms with Crippen LogP contribution in [0.1, 0.15) is 5.56 Å². The molecule has 0 spiro atoms. The molecule has 0 N–H and O–H groups in total. The number of benzene rings is 1. The minimum atomic E-state index is -0.548. The van der Waals surface area contributed by atoms with Crippen molar-refractivity contribution < 1.29 is 0 Å². The molecule has 0 aliphatic rings. The predicted octanol–water partition coefficient (Wildman–Crippen LogP) is 4.67. The second kappa shape index (κ2) is 5.73. The van der Waals surface area contributed by atoms with Gasteiger partial charge in [-0.05, 0) is 35.6 Å². The number of nitrogens with zero attached hydrogens (tertiary/aromatic N) is 2. The summed E-state index contributed by atoms with van der Waals surface area (Å²) in [6, 6.07) is 18.7. The lowest BCUT2D eigenvalue weighted by atomic mass is 10.2. The van der Waals surface area contributed by atoms with Crippen molar-refractivity contribution in [3.8, 4) is 0 Å². The standard InChI is InChI=1S/C16H15N2P/c1-2-8-16(9-3-1)10-15-19(17-11-4-5-12-17)18-13-6-7-14-18/h1-15H. The zero-order valence-corrected chi connectivity index (χ0v) is 11.4. The van der Waals surface area contributed by atoms with Crippen LogP contribution < -0.4 is 0 Å². The van der Waals surface area contributed by atoms with Crippen molar-refractivity contribution in [1.82, 2.24) is 8.68 Å². The van der Waals surface area contributed by atoms with Crippen molar-refractivity contribution in [1.29, 1.82) is 0 Å².